The normalized spacial score (nSPS) is 16.9. The van der Waals surface area contributed by atoms with Gasteiger partial charge in [-0.25, -0.2) is 4.98 Å². The quantitative estimate of drug-likeness (QED) is 0.891. The summed E-state index contributed by atoms with van der Waals surface area (Å²) in [5, 5.41) is 4.08. The van der Waals surface area contributed by atoms with E-state index in [2.05, 4.69) is 10.3 Å². The summed E-state index contributed by atoms with van der Waals surface area (Å²) in [6.45, 7) is 4.90. The fourth-order valence-corrected chi connectivity index (χ4v) is 2.75. The Hall–Kier alpha value is -1.68. The van der Waals surface area contributed by atoms with Gasteiger partial charge in [-0.2, -0.15) is 0 Å². The second kappa shape index (κ2) is 5.13. The monoisotopic (exact) mass is 257 g/mol. The van der Waals surface area contributed by atoms with Gasteiger partial charge in [0.2, 0.25) is 0 Å². The van der Waals surface area contributed by atoms with E-state index in [1.165, 1.54) is 0 Å². The Labute approximate surface area is 112 Å². The number of aryl methyl sites for hydroxylation is 1. The molecule has 100 valence electrons. The van der Waals surface area contributed by atoms with E-state index in [1.54, 1.807) is 10.9 Å². The Morgan fingerprint density at radius 1 is 1.37 bits per heavy atom. The average molecular weight is 257 g/mol. The van der Waals surface area contributed by atoms with Gasteiger partial charge in [0.25, 0.3) is 5.56 Å². The highest BCUT2D eigenvalue weighted by molar-refractivity contribution is 5.77. The molecule has 0 saturated carbocycles. The second-order valence-electron chi connectivity index (χ2n) is 5.42. The Morgan fingerprint density at radius 3 is 2.95 bits per heavy atom. The molecule has 19 heavy (non-hydrogen) atoms. The van der Waals surface area contributed by atoms with Gasteiger partial charge in [-0.3, -0.25) is 9.36 Å². The minimum atomic E-state index is 0.0900. The molecule has 0 amide bonds. The molecule has 1 aliphatic rings. The molecule has 1 fully saturated rings. The molecule has 2 aromatic rings. The van der Waals surface area contributed by atoms with Crippen LogP contribution in [0, 0.1) is 12.8 Å². The summed E-state index contributed by atoms with van der Waals surface area (Å²) in [6.07, 6.45) is 3.97. The number of aromatic nitrogens is 2. The van der Waals surface area contributed by atoms with Gasteiger partial charge in [-0.05, 0) is 50.9 Å². The predicted octanol–water partition coefficient (Wildman–Crippen LogP) is 1.70. The van der Waals surface area contributed by atoms with Gasteiger partial charge in [0.1, 0.15) is 0 Å². The molecule has 4 heteroatoms. The molecule has 3 rings (SSSR count). The Balaban J connectivity index is 1.95. The highest BCUT2D eigenvalue weighted by Crippen LogP contribution is 2.14. The lowest BCUT2D eigenvalue weighted by atomic mass is 9.98. The van der Waals surface area contributed by atoms with Crippen LogP contribution < -0.4 is 10.9 Å². The van der Waals surface area contributed by atoms with Crippen LogP contribution in [-0.4, -0.2) is 22.6 Å². The SMILES string of the molecule is Cc1ccc2ncn(CC3CCNCC3)c(=O)c2c1. The van der Waals surface area contributed by atoms with Gasteiger partial charge in [0.05, 0.1) is 17.2 Å². The summed E-state index contributed by atoms with van der Waals surface area (Å²) in [6, 6.07) is 5.84. The molecular formula is C15H19N3O. The molecule has 1 saturated heterocycles. The molecule has 0 radical (unpaired) electrons. The number of nitrogens with one attached hydrogen (secondary N) is 1. The highest BCUT2D eigenvalue weighted by Gasteiger charge is 2.14. The molecule has 0 spiro atoms. The number of piperidine rings is 1. The van der Waals surface area contributed by atoms with E-state index in [9.17, 15) is 4.79 Å². The number of rotatable bonds is 2. The molecular weight excluding hydrogens is 238 g/mol. The first-order chi connectivity index (χ1) is 9.24. The van der Waals surface area contributed by atoms with Gasteiger partial charge in [-0.1, -0.05) is 11.6 Å². The summed E-state index contributed by atoms with van der Waals surface area (Å²) in [7, 11) is 0. The zero-order valence-electron chi connectivity index (χ0n) is 11.2. The van der Waals surface area contributed by atoms with Crippen molar-refractivity contribution in [1.82, 2.24) is 14.9 Å². The molecule has 4 nitrogen and oxygen atoms in total. The molecule has 0 bridgehead atoms. The van der Waals surface area contributed by atoms with Crippen molar-refractivity contribution in [3.05, 3.63) is 40.4 Å². The van der Waals surface area contributed by atoms with Crippen LogP contribution in [0.15, 0.2) is 29.3 Å². The average Bonchev–Trinajstić information content (AvgIpc) is 2.44. The van der Waals surface area contributed by atoms with Crippen LogP contribution in [0.25, 0.3) is 10.9 Å². The van der Waals surface area contributed by atoms with Crippen LogP contribution in [0.3, 0.4) is 0 Å². The van der Waals surface area contributed by atoms with E-state index in [4.69, 9.17) is 0 Å². The standard InChI is InChI=1S/C15H19N3O/c1-11-2-3-14-13(8-11)15(19)18(10-17-14)9-12-4-6-16-7-5-12/h2-3,8,10,12,16H,4-7,9H2,1H3. The van der Waals surface area contributed by atoms with Gasteiger partial charge < -0.3 is 5.32 Å². The van der Waals surface area contributed by atoms with Gasteiger partial charge in [0, 0.05) is 6.54 Å². The lowest BCUT2D eigenvalue weighted by molar-refractivity contribution is 0.329. The van der Waals surface area contributed by atoms with Crippen LogP contribution in [0.4, 0.5) is 0 Å². The van der Waals surface area contributed by atoms with Crippen LogP contribution in [0.2, 0.25) is 0 Å². The molecule has 1 aromatic heterocycles. The molecule has 1 N–H and O–H groups in total. The van der Waals surface area contributed by atoms with Crippen LogP contribution >= 0.6 is 0 Å². The number of benzene rings is 1. The maximum Gasteiger partial charge on any atom is 0.261 e. The van der Waals surface area contributed by atoms with Crippen LogP contribution in [0.1, 0.15) is 18.4 Å². The lowest BCUT2D eigenvalue weighted by Gasteiger charge is -2.23. The van der Waals surface area contributed by atoms with Gasteiger partial charge in [0.15, 0.2) is 0 Å². The van der Waals surface area contributed by atoms with Crippen molar-refractivity contribution in [1.29, 1.82) is 0 Å². The minimum Gasteiger partial charge on any atom is -0.317 e. The first-order valence-corrected chi connectivity index (χ1v) is 6.90. The fraction of sp³-hybridized carbons (Fsp3) is 0.467. The van der Waals surface area contributed by atoms with Crippen molar-refractivity contribution in [2.75, 3.05) is 13.1 Å². The van der Waals surface area contributed by atoms with Crippen LogP contribution in [-0.2, 0) is 6.54 Å². The smallest absolute Gasteiger partial charge is 0.261 e. The van der Waals surface area contributed by atoms with Crippen molar-refractivity contribution < 1.29 is 0 Å². The van der Waals surface area contributed by atoms with Crippen molar-refractivity contribution in [3.63, 3.8) is 0 Å². The van der Waals surface area contributed by atoms with Crippen LogP contribution in [0.5, 0.6) is 0 Å². The van der Waals surface area contributed by atoms with Gasteiger partial charge in [-0.15, -0.1) is 0 Å². The topological polar surface area (TPSA) is 46.9 Å². The van der Waals surface area contributed by atoms with E-state index in [0.29, 0.717) is 5.92 Å². The fourth-order valence-electron chi connectivity index (χ4n) is 2.75. The van der Waals surface area contributed by atoms with E-state index < -0.39 is 0 Å². The van der Waals surface area contributed by atoms with Crippen molar-refractivity contribution in [2.24, 2.45) is 5.92 Å². The molecule has 1 aromatic carbocycles. The Morgan fingerprint density at radius 2 is 2.16 bits per heavy atom. The summed E-state index contributed by atoms with van der Waals surface area (Å²) in [4.78, 5) is 16.9. The van der Waals surface area contributed by atoms with E-state index in [0.717, 1.165) is 48.9 Å². The zero-order valence-corrected chi connectivity index (χ0v) is 11.2. The molecule has 0 aliphatic carbocycles. The first-order valence-electron chi connectivity index (χ1n) is 6.90. The van der Waals surface area contributed by atoms with Crippen molar-refractivity contribution >= 4 is 10.9 Å². The zero-order chi connectivity index (χ0) is 13.2. The second-order valence-corrected chi connectivity index (χ2v) is 5.42. The number of fused-ring (bicyclic) bond motifs is 1. The summed E-state index contributed by atoms with van der Waals surface area (Å²) in [5.74, 6) is 0.586. The molecule has 0 atom stereocenters. The van der Waals surface area contributed by atoms with Gasteiger partial charge >= 0.3 is 0 Å². The summed E-state index contributed by atoms with van der Waals surface area (Å²) >= 11 is 0. The highest BCUT2D eigenvalue weighted by atomic mass is 16.1. The Bertz CT molecular complexity index is 641. The summed E-state index contributed by atoms with van der Waals surface area (Å²) < 4.78 is 1.78. The molecule has 1 aliphatic heterocycles. The largest absolute Gasteiger partial charge is 0.317 e. The van der Waals surface area contributed by atoms with E-state index in [1.807, 2.05) is 25.1 Å². The van der Waals surface area contributed by atoms with Crippen molar-refractivity contribution in [2.45, 2.75) is 26.3 Å². The third-order valence-corrected chi connectivity index (χ3v) is 3.89. The van der Waals surface area contributed by atoms with E-state index in [-0.39, 0.29) is 5.56 Å². The summed E-state index contributed by atoms with van der Waals surface area (Å²) in [5.41, 5.74) is 1.98. The molecule has 0 unspecified atom stereocenters. The predicted molar refractivity (Wildman–Crippen MR) is 76.3 cm³/mol. The maximum absolute atomic E-state index is 12.5. The third kappa shape index (κ3) is 2.54. The number of hydrogen-bond acceptors (Lipinski definition) is 3. The molecule has 2 heterocycles. The minimum absolute atomic E-state index is 0.0900. The third-order valence-electron chi connectivity index (χ3n) is 3.89. The number of hydrogen-bond donors (Lipinski definition) is 1. The Kier molecular flexibility index (Phi) is 3.34. The number of nitrogens with zero attached hydrogens (tertiary/aromatic N) is 2. The van der Waals surface area contributed by atoms with Crippen molar-refractivity contribution in [3.8, 4) is 0 Å². The van der Waals surface area contributed by atoms with E-state index >= 15 is 0 Å². The lowest BCUT2D eigenvalue weighted by Crippen LogP contribution is -2.32. The first kappa shape index (κ1) is 12.4. The maximum atomic E-state index is 12.5.